The first kappa shape index (κ1) is 8.58. The van der Waals surface area contributed by atoms with Gasteiger partial charge < -0.3 is 4.42 Å². The van der Waals surface area contributed by atoms with Crippen molar-refractivity contribution in [2.45, 2.75) is 0 Å². The zero-order chi connectivity index (χ0) is 11.2. The van der Waals surface area contributed by atoms with E-state index in [1.54, 1.807) is 18.6 Å². The summed E-state index contributed by atoms with van der Waals surface area (Å²) in [6.07, 6.45) is 6.61. The van der Waals surface area contributed by atoms with Gasteiger partial charge in [-0.2, -0.15) is 0 Å². The summed E-state index contributed by atoms with van der Waals surface area (Å²) in [5, 5.41) is 0.959. The molecule has 0 unspecified atom stereocenters. The summed E-state index contributed by atoms with van der Waals surface area (Å²) >= 11 is 0. The molecule has 0 aliphatic rings. The molecule has 5 heteroatoms. The molecule has 4 rings (SSSR count). The van der Waals surface area contributed by atoms with Crippen LogP contribution in [0.15, 0.2) is 41.5 Å². The van der Waals surface area contributed by atoms with Crippen molar-refractivity contribution in [3.63, 3.8) is 0 Å². The molecule has 0 amide bonds. The largest absolute Gasteiger partial charge is 0.453 e. The molecule has 0 bridgehead atoms. The number of aromatic nitrogens is 4. The third-order valence-electron chi connectivity index (χ3n) is 2.72. The van der Waals surface area contributed by atoms with Crippen LogP contribution in [-0.4, -0.2) is 19.9 Å². The normalized spacial score (nSPS) is 11.5. The molecule has 4 aromatic rings. The lowest BCUT2D eigenvalue weighted by atomic mass is 10.2. The van der Waals surface area contributed by atoms with Crippen molar-refractivity contribution in [1.82, 2.24) is 19.9 Å². The fraction of sp³-hybridized carbons (Fsp3) is 0. The van der Waals surface area contributed by atoms with Crippen LogP contribution in [0.5, 0.6) is 0 Å². The molecule has 0 atom stereocenters. The highest BCUT2D eigenvalue weighted by Gasteiger charge is 2.09. The number of hydrogen-bond donors (Lipinski definition) is 0. The first-order valence-corrected chi connectivity index (χ1v) is 5.15. The van der Waals surface area contributed by atoms with E-state index in [-0.39, 0.29) is 0 Å². The Kier molecular flexibility index (Phi) is 1.50. The van der Waals surface area contributed by atoms with Crippen LogP contribution in [0, 0.1) is 0 Å². The fourth-order valence-electron chi connectivity index (χ4n) is 1.94. The Labute approximate surface area is 95.1 Å². The first-order valence-electron chi connectivity index (χ1n) is 5.15. The molecular formula is C12H6N4O. The smallest absolute Gasteiger partial charge is 0.156 e. The molecule has 0 radical (unpaired) electrons. The fourth-order valence-corrected chi connectivity index (χ4v) is 1.94. The quantitative estimate of drug-likeness (QED) is 0.456. The van der Waals surface area contributed by atoms with E-state index in [4.69, 9.17) is 4.42 Å². The van der Waals surface area contributed by atoms with Crippen LogP contribution < -0.4 is 0 Å². The summed E-state index contributed by atoms with van der Waals surface area (Å²) in [6.45, 7) is 0. The standard InChI is InChI=1S/C12H6N4O/c1-2-13-5-11-7(1)12-10(17-11)3-8-9(16-12)4-14-6-15-8/h1-6H. The molecule has 0 aliphatic carbocycles. The maximum atomic E-state index is 5.68. The van der Waals surface area contributed by atoms with Gasteiger partial charge in [0.2, 0.25) is 0 Å². The minimum Gasteiger partial charge on any atom is -0.453 e. The van der Waals surface area contributed by atoms with Crippen molar-refractivity contribution < 1.29 is 4.42 Å². The van der Waals surface area contributed by atoms with Gasteiger partial charge in [-0.05, 0) is 6.07 Å². The third kappa shape index (κ3) is 1.13. The number of rotatable bonds is 0. The Morgan fingerprint density at radius 3 is 3.00 bits per heavy atom. The second kappa shape index (κ2) is 2.98. The van der Waals surface area contributed by atoms with Gasteiger partial charge in [0, 0.05) is 17.6 Å². The zero-order valence-electron chi connectivity index (χ0n) is 8.66. The molecule has 0 saturated carbocycles. The molecule has 0 saturated heterocycles. The van der Waals surface area contributed by atoms with Crippen LogP contribution in [0.25, 0.3) is 33.1 Å². The Balaban J connectivity index is 2.28. The second-order valence-corrected chi connectivity index (χ2v) is 3.74. The molecule has 17 heavy (non-hydrogen) atoms. The molecule has 0 N–H and O–H groups in total. The minimum atomic E-state index is 0.721. The van der Waals surface area contributed by atoms with Gasteiger partial charge in [-0.1, -0.05) is 0 Å². The highest BCUT2D eigenvalue weighted by Crippen LogP contribution is 2.27. The van der Waals surface area contributed by atoms with Crippen molar-refractivity contribution in [3.05, 3.63) is 37.1 Å². The molecule has 5 nitrogen and oxygen atoms in total. The van der Waals surface area contributed by atoms with Crippen molar-refractivity contribution in [2.75, 3.05) is 0 Å². The lowest BCUT2D eigenvalue weighted by molar-refractivity contribution is 0.666. The van der Waals surface area contributed by atoms with Crippen molar-refractivity contribution in [2.24, 2.45) is 0 Å². The van der Waals surface area contributed by atoms with Gasteiger partial charge in [0.1, 0.15) is 17.4 Å². The summed E-state index contributed by atoms with van der Waals surface area (Å²) in [6, 6.07) is 3.77. The van der Waals surface area contributed by atoms with Crippen molar-refractivity contribution in [1.29, 1.82) is 0 Å². The number of fused-ring (bicyclic) bond motifs is 4. The Hall–Kier alpha value is -2.56. The Morgan fingerprint density at radius 2 is 2.00 bits per heavy atom. The maximum Gasteiger partial charge on any atom is 0.156 e. The lowest BCUT2D eigenvalue weighted by Gasteiger charge is -1.94. The van der Waals surface area contributed by atoms with Gasteiger partial charge in [-0.25, -0.2) is 15.0 Å². The topological polar surface area (TPSA) is 64.7 Å². The lowest BCUT2D eigenvalue weighted by Crippen LogP contribution is -1.84. The van der Waals surface area contributed by atoms with Crippen LogP contribution in [0.3, 0.4) is 0 Å². The van der Waals surface area contributed by atoms with Gasteiger partial charge in [0.05, 0.1) is 17.9 Å². The van der Waals surface area contributed by atoms with E-state index >= 15 is 0 Å². The van der Waals surface area contributed by atoms with E-state index < -0.39 is 0 Å². The first-order chi connectivity index (χ1) is 8.42. The van der Waals surface area contributed by atoms with Crippen LogP contribution in [0.1, 0.15) is 0 Å². The van der Waals surface area contributed by atoms with Crippen LogP contribution >= 0.6 is 0 Å². The van der Waals surface area contributed by atoms with E-state index in [1.807, 2.05) is 12.1 Å². The van der Waals surface area contributed by atoms with Gasteiger partial charge in [-0.15, -0.1) is 0 Å². The van der Waals surface area contributed by atoms with E-state index in [2.05, 4.69) is 19.9 Å². The summed E-state index contributed by atoms with van der Waals surface area (Å²) in [7, 11) is 0. The van der Waals surface area contributed by atoms with Crippen LogP contribution in [0.4, 0.5) is 0 Å². The van der Waals surface area contributed by atoms with Crippen LogP contribution in [-0.2, 0) is 0 Å². The van der Waals surface area contributed by atoms with E-state index in [0.717, 1.165) is 33.1 Å². The number of furan rings is 1. The molecular weight excluding hydrogens is 216 g/mol. The molecule has 4 heterocycles. The molecule has 0 spiro atoms. The van der Waals surface area contributed by atoms with Crippen molar-refractivity contribution >= 4 is 33.1 Å². The average Bonchev–Trinajstić information content (AvgIpc) is 2.73. The Morgan fingerprint density at radius 1 is 1.00 bits per heavy atom. The molecule has 0 aliphatic heterocycles. The summed E-state index contributed by atoms with van der Waals surface area (Å²) < 4.78 is 5.68. The molecule has 0 aromatic carbocycles. The number of pyridine rings is 2. The van der Waals surface area contributed by atoms with Gasteiger partial charge >= 0.3 is 0 Å². The maximum absolute atomic E-state index is 5.68. The van der Waals surface area contributed by atoms with Gasteiger partial charge in [-0.3, -0.25) is 4.98 Å². The summed E-state index contributed by atoms with van der Waals surface area (Å²) in [5.74, 6) is 0. The van der Waals surface area contributed by atoms with Gasteiger partial charge in [0.25, 0.3) is 0 Å². The zero-order valence-corrected chi connectivity index (χ0v) is 8.66. The van der Waals surface area contributed by atoms with Gasteiger partial charge in [0.15, 0.2) is 11.2 Å². The predicted octanol–water partition coefficient (Wildman–Crippen LogP) is 2.32. The van der Waals surface area contributed by atoms with Crippen molar-refractivity contribution in [3.8, 4) is 0 Å². The highest BCUT2D eigenvalue weighted by atomic mass is 16.3. The molecule has 4 aromatic heterocycles. The average molecular weight is 222 g/mol. The molecule has 0 fully saturated rings. The van der Waals surface area contributed by atoms with E-state index in [0.29, 0.717) is 0 Å². The predicted molar refractivity (Wildman–Crippen MR) is 62.4 cm³/mol. The van der Waals surface area contributed by atoms with E-state index in [1.165, 1.54) is 6.33 Å². The second-order valence-electron chi connectivity index (χ2n) is 3.74. The summed E-state index contributed by atoms with van der Waals surface area (Å²) in [5.41, 5.74) is 3.82. The van der Waals surface area contributed by atoms with E-state index in [9.17, 15) is 0 Å². The minimum absolute atomic E-state index is 0.721. The summed E-state index contributed by atoms with van der Waals surface area (Å²) in [4.78, 5) is 16.7. The third-order valence-corrected chi connectivity index (χ3v) is 2.72. The number of nitrogens with zero attached hydrogens (tertiary/aromatic N) is 4. The SMILES string of the molecule is c1cc2c(cn1)oc1cc3ncncc3nc12. The Bertz CT molecular complexity index is 847. The molecule has 80 valence electrons. The van der Waals surface area contributed by atoms with Crippen LogP contribution in [0.2, 0.25) is 0 Å². The highest BCUT2D eigenvalue weighted by molar-refractivity contribution is 6.04. The monoisotopic (exact) mass is 222 g/mol. The number of hydrogen-bond acceptors (Lipinski definition) is 5.